The molecule has 0 fully saturated rings. The van der Waals surface area contributed by atoms with Crippen LogP contribution in [0.3, 0.4) is 0 Å². The van der Waals surface area contributed by atoms with Crippen molar-refractivity contribution >= 4 is 17.5 Å². The van der Waals surface area contributed by atoms with Crippen molar-refractivity contribution in [3.63, 3.8) is 0 Å². The Morgan fingerprint density at radius 1 is 1.56 bits per heavy atom. The molecule has 1 amide bonds. The van der Waals surface area contributed by atoms with Crippen LogP contribution < -0.4 is 5.32 Å². The minimum absolute atomic E-state index is 0.0979. The predicted octanol–water partition coefficient (Wildman–Crippen LogP) is 0.916. The van der Waals surface area contributed by atoms with Crippen LogP contribution in [0.1, 0.15) is 11.4 Å². The van der Waals surface area contributed by atoms with Gasteiger partial charge >= 0.3 is 0 Å². The van der Waals surface area contributed by atoms with E-state index in [2.05, 4.69) is 10.4 Å². The number of amides is 1. The van der Waals surface area contributed by atoms with Gasteiger partial charge in [0.25, 0.3) is 0 Å². The van der Waals surface area contributed by atoms with Gasteiger partial charge in [0.15, 0.2) is 0 Å². The molecule has 6 heteroatoms. The molecular weight excluding hydrogens is 230 g/mol. The van der Waals surface area contributed by atoms with Gasteiger partial charge in [0.2, 0.25) is 5.91 Å². The highest BCUT2D eigenvalue weighted by molar-refractivity contribution is 6.31. The highest BCUT2D eigenvalue weighted by atomic mass is 35.5. The van der Waals surface area contributed by atoms with Crippen molar-refractivity contribution in [3.8, 4) is 0 Å². The Morgan fingerprint density at radius 3 is 2.75 bits per heavy atom. The molecule has 1 aromatic rings. The third-order valence-electron chi connectivity index (χ3n) is 2.21. The van der Waals surface area contributed by atoms with E-state index < -0.39 is 0 Å². The van der Waals surface area contributed by atoms with Gasteiger partial charge in [-0.2, -0.15) is 5.10 Å². The molecule has 0 unspecified atom stereocenters. The molecule has 1 aromatic heterocycles. The fraction of sp³-hybridized carbons (Fsp3) is 0.600. The van der Waals surface area contributed by atoms with Gasteiger partial charge in [-0.05, 0) is 13.8 Å². The number of ether oxygens (including phenoxy) is 1. The number of hydrogen-bond acceptors (Lipinski definition) is 3. The summed E-state index contributed by atoms with van der Waals surface area (Å²) < 4.78 is 6.43. The molecule has 1 rings (SSSR count). The summed E-state index contributed by atoms with van der Waals surface area (Å²) in [5.74, 6) is -0.0979. The minimum Gasteiger partial charge on any atom is -0.383 e. The van der Waals surface area contributed by atoms with Crippen molar-refractivity contribution in [1.82, 2.24) is 15.1 Å². The summed E-state index contributed by atoms with van der Waals surface area (Å²) >= 11 is 5.97. The topological polar surface area (TPSA) is 56.1 Å². The lowest BCUT2D eigenvalue weighted by Gasteiger charge is -2.05. The number of nitrogens with zero attached hydrogens (tertiary/aromatic N) is 2. The van der Waals surface area contributed by atoms with E-state index in [1.165, 1.54) is 0 Å². The van der Waals surface area contributed by atoms with Crippen molar-refractivity contribution in [2.45, 2.75) is 20.4 Å². The van der Waals surface area contributed by atoms with Gasteiger partial charge in [0.1, 0.15) is 6.54 Å². The van der Waals surface area contributed by atoms with E-state index in [-0.39, 0.29) is 12.5 Å². The number of carbonyl (C=O) groups excluding carboxylic acids is 1. The zero-order valence-corrected chi connectivity index (χ0v) is 10.5. The molecular formula is C10H16ClN3O2. The van der Waals surface area contributed by atoms with Gasteiger partial charge in [-0.3, -0.25) is 9.48 Å². The minimum atomic E-state index is -0.0979. The lowest BCUT2D eigenvalue weighted by atomic mass is 10.4. The van der Waals surface area contributed by atoms with E-state index in [1.807, 2.05) is 13.8 Å². The number of nitrogens with one attached hydrogen (secondary N) is 1. The van der Waals surface area contributed by atoms with Crippen LogP contribution in [0.25, 0.3) is 0 Å². The third-order valence-corrected chi connectivity index (χ3v) is 2.76. The number of aromatic nitrogens is 2. The van der Waals surface area contributed by atoms with Crippen LogP contribution in [0.5, 0.6) is 0 Å². The molecule has 0 aliphatic rings. The van der Waals surface area contributed by atoms with Crippen molar-refractivity contribution in [2.75, 3.05) is 20.3 Å². The van der Waals surface area contributed by atoms with Crippen LogP contribution in [0.4, 0.5) is 0 Å². The Morgan fingerprint density at radius 2 is 2.25 bits per heavy atom. The summed E-state index contributed by atoms with van der Waals surface area (Å²) in [7, 11) is 1.59. The first-order chi connectivity index (χ1) is 7.56. The van der Waals surface area contributed by atoms with Gasteiger partial charge in [0, 0.05) is 13.7 Å². The highest BCUT2D eigenvalue weighted by Gasteiger charge is 2.11. The van der Waals surface area contributed by atoms with Gasteiger partial charge < -0.3 is 10.1 Å². The quantitative estimate of drug-likeness (QED) is 0.785. The third kappa shape index (κ3) is 3.21. The van der Waals surface area contributed by atoms with Crippen LogP contribution in [-0.4, -0.2) is 35.9 Å². The average Bonchev–Trinajstić information content (AvgIpc) is 2.47. The molecule has 0 radical (unpaired) electrons. The Balaban J connectivity index is 2.53. The monoisotopic (exact) mass is 245 g/mol. The summed E-state index contributed by atoms with van der Waals surface area (Å²) in [6, 6.07) is 0. The van der Waals surface area contributed by atoms with Gasteiger partial charge in [-0.15, -0.1) is 0 Å². The van der Waals surface area contributed by atoms with Crippen LogP contribution in [0, 0.1) is 13.8 Å². The fourth-order valence-electron chi connectivity index (χ4n) is 1.31. The number of methoxy groups -OCH3 is 1. The zero-order chi connectivity index (χ0) is 12.1. The molecule has 0 saturated carbocycles. The second-order valence-corrected chi connectivity index (χ2v) is 3.86. The fourth-order valence-corrected chi connectivity index (χ4v) is 1.45. The SMILES string of the molecule is COCCNC(=O)Cn1nc(C)c(Cl)c1C. The van der Waals surface area contributed by atoms with E-state index in [9.17, 15) is 4.79 Å². The lowest BCUT2D eigenvalue weighted by molar-refractivity contribution is -0.122. The van der Waals surface area contributed by atoms with Crippen LogP contribution in [-0.2, 0) is 16.1 Å². The van der Waals surface area contributed by atoms with Crippen molar-refractivity contribution in [1.29, 1.82) is 0 Å². The number of carbonyl (C=O) groups is 1. The zero-order valence-electron chi connectivity index (χ0n) is 9.71. The van der Waals surface area contributed by atoms with E-state index in [0.717, 1.165) is 11.4 Å². The summed E-state index contributed by atoms with van der Waals surface area (Å²) in [6.07, 6.45) is 0. The van der Waals surface area contributed by atoms with Gasteiger partial charge in [-0.1, -0.05) is 11.6 Å². The molecule has 16 heavy (non-hydrogen) atoms. The molecule has 0 spiro atoms. The molecule has 0 saturated heterocycles. The van der Waals surface area contributed by atoms with E-state index in [4.69, 9.17) is 16.3 Å². The second-order valence-electron chi connectivity index (χ2n) is 3.49. The normalized spacial score (nSPS) is 10.5. The molecule has 1 heterocycles. The summed E-state index contributed by atoms with van der Waals surface area (Å²) in [5.41, 5.74) is 1.55. The Bertz CT molecular complexity index is 376. The van der Waals surface area contributed by atoms with E-state index in [0.29, 0.717) is 18.2 Å². The maximum Gasteiger partial charge on any atom is 0.241 e. The van der Waals surface area contributed by atoms with Crippen LogP contribution in [0.2, 0.25) is 5.02 Å². The van der Waals surface area contributed by atoms with E-state index >= 15 is 0 Å². The van der Waals surface area contributed by atoms with Crippen molar-refractivity contribution in [2.24, 2.45) is 0 Å². The number of hydrogen-bond donors (Lipinski definition) is 1. The summed E-state index contributed by atoms with van der Waals surface area (Å²) in [6.45, 7) is 4.84. The number of halogens is 1. The van der Waals surface area contributed by atoms with Gasteiger partial charge in [0.05, 0.1) is 23.0 Å². The summed E-state index contributed by atoms with van der Waals surface area (Å²) in [4.78, 5) is 11.5. The van der Waals surface area contributed by atoms with Crippen LogP contribution in [0.15, 0.2) is 0 Å². The molecule has 90 valence electrons. The maximum atomic E-state index is 11.5. The van der Waals surface area contributed by atoms with Crippen molar-refractivity contribution in [3.05, 3.63) is 16.4 Å². The standard InChI is InChI=1S/C10H16ClN3O2/c1-7-10(11)8(2)14(13-7)6-9(15)12-4-5-16-3/h4-6H2,1-3H3,(H,12,15). The molecule has 5 nitrogen and oxygen atoms in total. The molecule has 0 bridgehead atoms. The predicted molar refractivity (Wildman–Crippen MR) is 61.6 cm³/mol. The van der Waals surface area contributed by atoms with Crippen LogP contribution >= 0.6 is 11.6 Å². The molecule has 0 aliphatic heterocycles. The lowest BCUT2D eigenvalue weighted by Crippen LogP contribution is -2.30. The second kappa shape index (κ2) is 5.86. The maximum absolute atomic E-state index is 11.5. The molecule has 0 atom stereocenters. The Hall–Kier alpha value is -1.07. The molecule has 0 aromatic carbocycles. The Kier molecular flexibility index (Phi) is 4.76. The highest BCUT2D eigenvalue weighted by Crippen LogP contribution is 2.18. The van der Waals surface area contributed by atoms with E-state index in [1.54, 1.807) is 11.8 Å². The molecule has 0 aliphatic carbocycles. The van der Waals surface area contributed by atoms with Gasteiger partial charge in [-0.25, -0.2) is 0 Å². The smallest absolute Gasteiger partial charge is 0.241 e. The average molecular weight is 246 g/mol. The first-order valence-electron chi connectivity index (χ1n) is 5.01. The first kappa shape index (κ1) is 13.0. The largest absolute Gasteiger partial charge is 0.383 e. The van der Waals surface area contributed by atoms with Crippen molar-refractivity contribution < 1.29 is 9.53 Å². The Labute approximate surface area is 99.7 Å². The molecule has 1 N–H and O–H groups in total. The first-order valence-corrected chi connectivity index (χ1v) is 5.39. The number of rotatable bonds is 5. The number of aryl methyl sites for hydroxylation is 1. The summed E-state index contributed by atoms with van der Waals surface area (Å²) in [5, 5.41) is 7.51.